The molecular weight excluding hydrogens is 366 g/mol. The number of benzene rings is 1. The highest BCUT2D eigenvalue weighted by Gasteiger charge is 2.41. The fourth-order valence-electron chi connectivity index (χ4n) is 3.72. The van der Waals surface area contributed by atoms with Crippen LogP contribution < -0.4 is 0 Å². The highest BCUT2D eigenvalue weighted by atomic mass is 35.5. The summed E-state index contributed by atoms with van der Waals surface area (Å²) in [6, 6.07) is 14.6. The van der Waals surface area contributed by atoms with Crippen LogP contribution in [0, 0.1) is 0 Å². The van der Waals surface area contributed by atoms with Gasteiger partial charge in [0.2, 0.25) is 0 Å². The first kappa shape index (κ1) is 19.2. The Morgan fingerprint density at radius 2 is 1.85 bits per heavy atom. The van der Waals surface area contributed by atoms with Gasteiger partial charge in [-0.1, -0.05) is 36.4 Å². The highest BCUT2D eigenvalue weighted by Crippen LogP contribution is 2.38. The maximum Gasteiger partial charge on any atom is 0.171 e. The lowest BCUT2D eigenvalue weighted by Crippen LogP contribution is -2.48. The maximum absolute atomic E-state index is 12.6. The third-order valence-electron chi connectivity index (χ3n) is 5.32. The second kappa shape index (κ2) is 8.38. The number of hydrogen-bond acceptors (Lipinski definition) is 4. The molecule has 5 heteroatoms. The summed E-state index contributed by atoms with van der Waals surface area (Å²) in [4.78, 5) is 16.1. The normalized spacial score (nSPS) is 19.5. The number of carbonyl (C=O) groups excluding carboxylic acids is 1. The molecule has 0 radical (unpaired) electrons. The maximum atomic E-state index is 12.6. The molecule has 4 rings (SSSR count). The monoisotopic (exact) mass is 389 g/mol. The van der Waals surface area contributed by atoms with E-state index in [0.717, 1.165) is 49.3 Å². The van der Waals surface area contributed by atoms with Crippen molar-refractivity contribution in [2.24, 2.45) is 0 Å². The Bertz CT molecular complexity index is 750. The molecule has 0 unspecified atom stereocenters. The van der Waals surface area contributed by atoms with Crippen LogP contribution in [0.1, 0.15) is 29.7 Å². The number of nitrogens with zero attached hydrogens (tertiary/aromatic N) is 1. The van der Waals surface area contributed by atoms with Gasteiger partial charge in [0.15, 0.2) is 5.78 Å². The van der Waals surface area contributed by atoms with Crippen molar-refractivity contribution in [3.63, 3.8) is 0 Å². The molecule has 1 saturated heterocycles. The predicted molar refractivity (Wildman–Crippen MR) is 109 cm³/mol. The van der Waals surface area contributed by atoms with Crippen LogP contribution >= 0.6 is 23.7 Å². The fraction of sp³-hybridized carbons (Fsp3) is 0.381. The van der Waals surface area contributed by atoms with E-state index in [1.165, 1.54) is 5.56 Å². The number of thiophene rings is 1. The van der Waals surface area contributed by atoms with E-state index in [2.05, 4.69) is 35.2 Å². The summed E-state index contributed by atoms with van der Waals surface area (Å²) >= 11 is 1.60. The average Bonchev–Trinajstić information content (AvgIpc) is 3.17. The Balaban J connectivity index is 0.00000196. The number of hydrogen-bond donors (Lipinski definition) is 0. The number of halogens is 1. The molecule has 3 heterocycles. The summed E-state index contributed by atoms with van der Waals surface area (Å²) in [5.74, 6) is 0.228. The minimum absolute atomic E-state index is 0. The molecule has 2 aromatic rings. The molecule has 0 N–H and O–H groups in total. The Morgan fingerprint density at radius 1 is 1.08 bits per heavy atom. The molecule has 0 amide bonds. The van der Waals surface area contributed by atoms with Crippen molar-refractivity contribution < 1.29 is 9.53 Å². The zero-order valence-corrected chi connectivity index (χ0v) is 16.4. The van der Waals surface area contributed by atoms with Crippen LogP contribution in [0.2, 0.25) is 0 Å². The number of Topliss-reactive ketones (excluding diaryl/α,β-unsaturated/α-hetero) is 1. The molecule has 0 aliphatic carbocycles. The summed E-state index contributed by atoms with van der Waals surface area (Å²) in [5, 5.41) is 2.00. The van der Waals surface area contributed by atoms with Crippen molar-refractivity contribution in [1.29, 1.82) is 0 Å². The zero-order chi connectivity index (χ0) is 17.1. The minimum Gasteiger partial charge on any atom is -0.494 e. The van der Waals surface area contributed by atoms with Gasteiger partial charge in [0.05, 0.1) is 18.3 Å². The first-order valence-electron chi connectivity index (χ1n) is 8.95. The van der Waals surface area contributed by atoms with E-state index in [9.17, 15) is 4.79 Å². The van der Waals surface area contributed by atoms with Gasteiger partial charge in [-0.25, -0.2) is 0 Å². The smallest absolute Gasteiger partial charge is 0.171 e. The standard InChI is InChI=1S/C21H23NO2S.ClH/c23-19-15-21(24-16-18(19)20-7-4-14-25-20)9-12-22(13-10-21)11-8-17-5-2-1-3-6-17;/h1-7,14,16H,8-13,15H2;1H. The quantitative estimate of drug-likeness (QED) is 0.766. The number of allylic oxidation sites excluding steroid dienone is 1. The molecule has 1 aromatic carbocycles. The van der Waals surface area contributed by atoms with E-state index in [1.54, 1.807) is 17.6 Å². The van der Waals surface area contributed by atoms with Gasteiger partial charge in [-0.05, 0) is 23.4 Å². The van der Waals surface area contributed by atoms with Crippen LogP contribution in [0.25, 0.3) is 5.57 Å². The largest absolute Gasteiger partial charge is 0.494 e. The van der Waals surface area contributed by atoms with Crippen molar-refractivity contribution in [2.45, 2.75) is 31.3 Å². The molecule has 138 valence electrons. The van der Waals surface area contributed by atoms with E-state index in [1.807, 2.05) is 17.5 Å². The second-order valence-electron chi connectivity index (χ2n) is 6.99. The summed E-state index contributed by atoms with van der Waals surface area (Å²) in [5.41, 5.74) is 1.85. The lowest BCUT2D eigenvalue weighted by molar-refractivity contribution is -0.124. The number of rotatable bonds is 4. The highest BCUT2D eigenvalue weighted by molar-refractivity contribution is 7.11. The summed E-state index contributed by atoms with van der Waals surface area (Å²) in [6.45, 7) is 3.08. The van der Waals surface area contributed by atoms with Gasteiger partial charge in [0, 0.05) is 37.4 Å². The topological polar surface area (TPSA) is 29.5 Å². The van der Waals surface area contributed by atoms with Crippen LogP contribution in [0.3, 0.4) is 0 Å². The van der Waals surface area contributed by atoms with Gasteiger partial charge in [-0.15, -0.1) is 23.7 Å². The van der Waals surface area contributed by atoms with E-state index in [4.69, 9.17) is 4.74 Å². The number of ketones is 1. The molecular formula is C21H24ClNO2S. The molecule has 26 heavy (non-hydrogen) atoms. The van der Waals surface area contributed by atoms with E-state index >= 15 is 0 Å². The summed E-state index contributed by atoms with van der Waals surface area (Å²) in [6.07, 6.45) is 5.18. The lowest BCUT2D eigenvalue weighted by Gasteiger charge is -2.42. The molecule has 2 aliphatic heterocycles. The Labute approximate surface area is 165 Å². The van der Waals surface area contributed by atoms with Crippen molar-refractivity contribution in [3.05, 3.63) is 64.5 Å². The van der Waals surface area contributed by atoms with Crippen LogP contribution in [-0.2, 0) is 16.0 Å². The predicted octanol–water partition coefficient (Wildman–Crippen LogP) is 4.58. The van der Waals surface area contributed by atoms with Crippen LogP contribution in [0.4, 0.5) is 0 Å². The summed E-state index contributed by atoms with van der Waals surface area (Å²) < 4.78 is 6.12. The van der Waals surface area contributed by atoms with E-state index < -0.39 is 0 Å². The van der Waals surface area contributed by atoms with Crippen LogP contribution in [-0.4, -0.2) is 35.9 Å². The second-order valence-corrected chi connectivity index (χ2v) is 7.93. The zero-order valence-electron chi connectivity index (χ0n) is 14.7. The molecule has 2 aliphatic rings. The molecule has 3 nitrogen and oxygen atoms in total. The summed E-state index contributed by atoms with van der Waals surface area (Å²) in [7, 11) is 0. The third kappa shape index (κ3) is 4.20. The fourth-order valence-corrected chi connectivity index (χ4v) is 4.47. The van der Waals surface area contributed by atoms with Crippen molar-refractivity contribution in [3.8, 4) is 0 Å². The van der Waals surface area contributed by atoms with Crippen molar-refractivity contribution in [2.75, 3.05) is 19.6 Å². The van der Waals surface area contributed by atoms with Crippen LogP contribution in [0.15, 0.2) is 54.1 Å². The number of carbonyl (C=O) groups is 1. The van der Waals surface area contributed by atoms with Crippen molar-refractivity contribution >= 4 is 35.1 Å². The van der Waals surface area contributed by atoms with E-state index in [-0.39, 0.29) is 23.8 Å². The van der Waals surface area contributed by atoms with Gasteiger partial charge in [0.1, 0.15) is 5.60 Å². The number of likely N-dealkylation sites (tertiary alicyclic amines) is 1. The molecule has 0 bridgehead atoms. The van der Waals surface area contributed by atoms with Gasteiger partial charge < -0.3 is 9.64 Å². The number of piperidine rings is 1. The molecule has 1 spiro atoms. The minimum atomic E-state index is -0.277. The molecule has 1 fully saturated rings. The van der Waals surface area contributed by atoms with Gasteiger partial charge in [0.25, 0.3) is 0 Å². The molecule has 0 saturated carbocycles. The SMILES string of the molecule is Cl.O=C1CC2(CCN(CCc3ccccc3)CC2)OC=C1c1cccs1. The third-order valence-corrected chi connectivity index (χ3v) is 6.23. The Kier molecular flexibility index (Phi) is 6.17. The van der Waals surface area contributed by atoms with Gasteiger partial charge in [-0.2, -0.15) is 0 Å². The average molecular weight is 390 g/mol. The van der Waals surface area contributed by atoms with Crippen LogP contribution in [0.5, 0.6) is 0 Å². The molecule has 1 aromatic heterocycles. The molecule has 0 atom stereocenters. The van der Waals surface area contributed by atoms with Crippen molar-refractivity contribution in [1.82, 2.24) is 4.90 Å². The number of ether oxygens (including phenoxy) is 1. The Morgan fingerprint density at radius 3 is 2.50 bits per heavy atom. The first-order chi connectivity index (χ1) is 12.2. The Hall–Kier alpha value is -1.62. The lowest BCUT2D eigenvalue weighted by atomic mass is 9.83. The van der Waals surface area contributed by atoms with Gasteiger partial charge in [-0.3, -0.25) is 4.79 Å². The van der Waals surface area contributed by atoms with Gasteiger partial charge >= 0.3 is 0 Å². The van der Waals surface area contributed by atoms with E-state index in [0.29, 0.717) is 6.42 Å². The first-order valence-corrected chi connectivity index (χ1v) is 9.83.